The van der Waals surface area contributed by atoms with E-state index < -0.39 is 23.9 Å². The second-order valence-electron chi connectivity index (χ2n) is 11.1. The third kappa shape index (κ3) is 16.6. The number of aliphatic carboxylic acids is 4. The maximum absolute atomic E-state index is 9.55. The van der Waals surface area contributed by atoms with Crippen LogP contribution in [-0.2, 0) is 25.7 Å². The Morgan fingerprint density at radius 3 is 1.71 bits per heavy atom. The van der Waals surface area contributed by atoms with E-state index in [1.165, 1.54) is 17.5 Å². The summed E-state index contributed by atoms with van der Waals surface area (Å²) in [5.41, 5.74) is 4.37. The van der Waals surface area contributed by atoms with Crippen LogP contribution in [0.25, 0.3) is 17.3 Å². The Labute approximate surface area is 302 Å². The number of carboxylic acids is 4. The topological polar surface area (TPSA) is 196 Å². The number of carbonyl (C=O) groups is 4. The summed E-state index contributed by atoms with van der Waals surface area (Å²) >= 11 is 0. The molecule has 0 atom stereocenters. The SMILES string of the molecule is COc1cc(-c2cc(CN3CCN(CCCC=Cc4ccccc4)CC3)ccn2)cc(OC)c1OC.O=C(O)C=CC(=O)O.O=C(O)C=CC(=O)O. The fourth-order valence-electron chi connectivity index (χ4n) is 4.89. The molecule has 14 nitrogen and oxygen atoms in total. The van der Waals surface area contributed by atoms with Gasteiger partial charge in [-0.05, 0) is 54.8 Å². The van der Waals surface area contributed by atoms with Crippen molar-refractivity contribution in [1.82, 2.24) is 14.8 Å². The molecule has 4 rings (SSSR count). The molecule has 3 aromatic rings. The van der Waals surface area contributed by atoms with Gasteiger partial charge in [0.05, 0.1) is 27.0 Å². The normalized spacial score (nSPS) is 13.1. The van der Waals surface area contributed by atoms with E-state index in [2.05, 4.69) is 69.4 Å². The molecular formula is C38H45N3O11. The van der Waals surface area contributed by atoms with Gasteiger partial charge < -0.3 is 39.5 Å². The Balaban J connectivity index is 0.000000487. The number of allylic oxidation sites excluding steroid dienone is 1. The molecule has 0 amide bonds. The van der Waals surface area contributed by atoms with Gasteiger partial charge in [0.15, 0.2) is 11.5 Å². The fraction of sp³-hybridized carbons (Fsp3) is 0.289. The molecular weight excluding hydrogens is 674 g/mol. The number of rotatable bonds is 15. The van der Waals surface area contributed by atoms with E-state index in [9.17, 15) is 19.2 Å². The number of hydrogen-bond donors (Lipinski definition) is 4. The van der Waals surface area contributed by atoms with Crippen LogP contribution in [0.2, 0.25) is 0 Å². The van der Waals surface area contributed by atoms with Crippen LogP contribution in [0.5, 0.6) is 17.2 Å². The van der Waals surface area contributed by atoms with E-state index >= 15 is 0 Å². The van der Waals surface area contributed by atoms with Crippen LogP contribution in [0.4, 0.5) is 0 Å². The molecule has 0 spiro atoms. The summed E-state index contributed by atoms with van der Waals surface area (Å²) in [7, 11) is 4.87. The number of methoxy groups -OCH3 is 3. The number of nitrogens with zero attached hydrogens (tertiary/aromatic N) is 3. The van der Waals surface area contributed by atoms with Gasteiger partial charge in [0.25, 0.3) is 0 Å². The Kier molecular flexibility index (Phi) is 19.0. The third-order valence-corrected chi connectivity index (χ3v) is 7.35. The van der Waals surface area contributed by atoms with Gasteiger partial charge in [0, 0.05) is 68.8 Å². The van der Waals surface area contributed by atoms with Crippen LogP contribution in [0.1, 0.15) is 24.0 Å². The summed E-state index contributed by atoms with van der Waals surface area (Å²) in [4.78, 5) is 47.9. The molecule has 1 saturated heterocycles. The number of piperazine rings is 1. The molecule has 0 radical (unpaired) electrons. The Morgan fingerprint density at radius 2 is 1.23 bits per heavy atom. The van der Waals surface area contributed by atoms with Crippen LogP contribution >= 0.6 is 0 Å². The lowest BCUT2D eigenvalue weighted by molar-refractivity contribution is -0.134. The molecule has 2 heterocycles. The highest BCUT2D eigenvalue weighted by atomic mass is 16.5. The largest absolute Gasteiger partial charge is 0.493 e. The average Bonchev–Trinajstić information content (AvgIpc) is 3.14. The molecule has 0 saturated carbocycles. The highest BCUT2D eigenvalue weighted by Gasteiger charge is 2.18. The predicted molar refractivity (Wildman–Crippen MR) is 195 cm³/mol. The minimum atomic E-state index is -1.26. The van der Waals surface area contributed by atoms with E-state index in [-0.39, 0.29) is 0 Å². The fourth-order valence-corrected chi connectivity index (χ4v) is 4.89. The molecule has 52 heavy (non-hydrogen) atoms. The van der Waals surface area contributed by atoms with E-state index in [1.807, 2.05) is 18.3 Å². The van der Waals surface area contributed by atoms with E-state index in [1.54, 1.807) is 21.3 Å². The number of unbranched alkanes of at least 4 members (excludes halogenated alkanes) is 1. The first kappa shape index (κ1) is 42.2. The lowest BCUT2D eigenvalue weighted by atomic mass is 10.1. The predicted octanol–water partition coefficient (Wildman–Crippen LogP) is 4.81. The molecule has 1 aliphatic heterocycles. The van der Waals surface area contributed by atoms with E-state index in [0.717, 1.165) is 56.9 Å². The van der Waals surface area contributed by atoms with Crippen molar-refractivity contribution in [3.63, 3.8) is 0 Å². The second kappa shape index (κ2) is 23.4. The van der Waals surface area contributed by atoms with Crippen molar-refractivity contribution >= 4 is 30.0 Å². The maximum Gasteiger partial charge on any atom is 0.328 e. The van der Waals surface area contributed by atoms with Crippen molar-refractivity contribution in [1.29, 1.82) is 0 Å². The highest BCUT2D eigenvalue weighted by molar-refractivity contribution is 5.90. The molecule has 0 unspecified atom stereocenters. The van der Waals surface area contributed by atoms with Gasteiger partial charge in [-0.3, -0.25) is 9.88 Å². The maximum atomic E-state index is 9.55. The third-order valence-electron chi connectivity index (χ3n) is 7.35. The lowest BCUT2D eigenvalue weighted by Gasteiger charge is -2.34. The van der Waals surface area contributed by atoms with Gasteiger partial charge >= 0.3 is 23.9 Å². The summed E-state index contributed by atoms with van der Waals surface area (Å²) in [6.45, 7) is 6.49. The van der Waals surface area contributed by atoms with Crippen molar-refractivity contribution in [3.05, 3.63) is 102 Å². The molecule has 1 fully saturated rings. The summed E-state index contributed by atoms with van der Waals surface area (Å²) in [5.74, 6) is -3.18. The summed E-state index contributed by atoms with van der Waals surface area (Å²) in [5, 5.41) is 31.2. The number of carboxylic acid groups (broad SMARTS) is 4. The molecule has 4 N–H and O–H groups in total. The Morgan fingerprint density at radius 1 is 0.712 bits per heavy atom. The zero-order chi connectivity index (χ0) is 38.3. The van der Waals surface area contributed by atoms with Crippen molar-refractivity contribution < 1.29 is 53.8 Å². The van der Waals surface area contributed by atoms with Crippen molar-refractivity contribution in [2.24, 2.45) is 0 Å². The van der Waals surface area contributed by atoms with Crippen LogP contribution in [0.3, 0.4) is 0 Å². The zero-order valence-electron chi connectivity index (χ0n) is 29.4. The minimum absolute atomic E-state index is 0.558. The first-order valence-electron chi connectivity index (χ1n) is 16.1. The molecule has 14 heteroatoms. The number of aromatic nitrogens is 1. The molecule has 1 aromatic heterocycles. The lowest BCUT2D eigenvalue weighted by Crippen LogP contribution is -2.46. The first-order valence-corrected chi connectivity index (χ1v) is 16.1. The summed E-state index contributed by atoms with van der Waals surface area (Å²) in [6, 6.07) is 18.7. The van der Waals surface area contributed by atoms with Crippen molar-refractivity contribution in [3.8, 4) is 28.5 Å². The molecule has 0 bridgehead atoms. The quantitative estimate of drug-likeness (QED) is 0.123. The Hall–Kier alpha value is -5.99. The standard InChI is InChI=1S/C30H37N3O3.2C4H4O4/c1-34-28-21-26(22-29(35-2)30(28)36-3)27-20-25(13-14-31-27)23-33-18-16-32(17-19-33)15-9-5-8-12-24-10-6-4-7-11-24;2*5-3(6)1-2-4(7)8/h4,6-8,10-14,20-22H,5,9,15-19,23H2,1-3H3;2*1-2H,(H,5,6)(H,7,8). The van der Waals surface area contributed by atoms with E-state index in [4.69, 9.17) is 34.6 Å². The second-order valence-corrected chi connectivity index (χ2v) is 11.1. The van der Waals surface area contributed by atoms with Gasteiger partial charge in [0.2, 0.25) is 5.75 Å². The zero-order valence-corrected chi connectivity index (χ0v) is 29.4. The van der Waals surface area contributed by atoms with Crippen LogP contribution in [-0.4, -0.2) is 113 Å². The molecule has 1 aliphatic rings. The average molecular weight is 720 g/mol. The van der Waals surface area contributed by atoms with Crippen molar-refractivity contribution in [2.75, 3.05) is 54.1 Å². The van der Waals surface area contributed by atoms with Gasteiger partial charge in [-0.2, -0.15) is 0 Å². The first-order chi connectivity index (χ1) is 24.9. The summed E-state index contributed by atoms with van der Waals surface area (Å²) < 4.78 is 16.5. The molecule has 2 aromatic carbocycles. The van der Waals surface area contributed by atoms with Crippen LogP contribution < -0.4 is 14.2 Å². The Bertz CT molecular complexity index is 1590. The molecule has 0 aliphatic carbocycles. The smallest absolute Gasteiger partial charge is 0.328 e. The van der Waals surface area contributed by atoms with Crippen LogP contribution in [0.15, 0.2) is 91.2 Å². The number of hydrogen-bond acceptors (Lipinski definition) is 10. The number of ether oxygens (including phenoxy) is 3. The molecule has 278 valence electrons. The highest BCUT2D eigenvalue weighted by Crippen LogP contribution is 2.40. The minimum Gasteiger partial charge on any atom is -0.493 e. The monoisotopic (exact) mass is 719 g/mol. The van der Waals surface area contributed by atoms with Gasteiger partial charge in [-0.25, -0.2) is 19.2 Å². The van der Waals surface area contributed by atoms with Gasteiger partial charge in [0.1, 0.15) is 0 Å². The number of benzene rings is 2. The number of pyridine rings is 1. The van der Waals surface area contributed by atoms with Gasteiger partial charge in [-0.1, -0.05) is 42.5 Å². The van der Waals surface area contributed by atoms with E-state index in [0.29, 0.717) is 41.6 Å². The van der Waals surface area contributed by atoms with Crippen LogP contribution in [0, 0.1) is 0 Å². The summed E-state index contributed by atoms with van der Waals surface area (Å²) in [6.07, 6.45) is 10.9. The van der Waals surface area contributed by atoms with Crippen molar-refractivity contribution in [2.45, 2.75) is 19.4 Å². The van der Waals surface area contributed by atoms with Gasteiger partial charge in [-0.15, -0.1) is 0 Å².